The molecule has 4 heteroatoms. The minimum absolute atomic E-state index is 0.0526. The summed E-state index contributed by atoms with van der Waals surface area (Å²) < 4.78 is 35.6. The molecule has 0 saturated heterocycles. The molecular weight excluding hydrogens is 217 g/mol. The van der Waals surface area contributed by atoms with Gasteiger partial charge in [-0.1, -0.05) is 23.8 Å². The van der Waals surface area contributed by atoms with Gasteiger partial charge in [-0.15, -0.1) is 0 Å². The average Bonchev–Trinajstić information content (AvgIpc) is 2.15. The molecule has 0 spiro atoms. The summed E-state index contributed by atoms with van der Waals surface area (Å²) in [5, 5.41) is 0. The first kappa shape index (κ1) is 12.7. The lowest BCUT2D eigenvalue weighted by Gasteiger charge is -2.05. The van der Waals surface area contributed by atoms with Crippen LogP contribution in [0.25, 0.3) is 0 Å². The predicted octanol–water partition coefficient (Wildman–Crippen LogP) is 3.91. The zero-order chi connectivity index (χ0) is 12.2. The number of ketones is 1. The van der Waals surface area contributed by atoms with Crippen molar-refractivity contribution in [3.63, 3.8) is 0 Å². The van der Waals surface area contributed by atoms with Crippen molar-refractivity contribution in [2.24, 2.45) is 0 Å². The van der Waals surface area contributed by atoms with E-state index in [0.29, 0.717) is 5.56 Å². The van der Waals surface area contributed by atoms with Crippen LogP contribution < -0.4 is 0 Å². The zero-order valence-electron chi connectivity index (χ0n) is 8.97. The molecule has 0 unspecified atom stereocenters. The van der Waals surface area contributed by atoms with Gasteiger partial charge in [0.2, 0.25) is 0 Å². The highest BCUT2D eigenvalue weighted by atomic mass is 19.4. The van der Waals surface area contributed by atoms with Crippen LogP contribution in [0.15, 0.2) is 24.3 Å². The van der Waals surface area contributed by atoms with Gasteiger partial charge in [0.15, 0.2) is 5.78 Å². The normalized spacial score (nSPS) is 11.5. The topological polar surface area (TPSA) is 17.1 Å². The quantitative estimate of drug-likeness (QED) is 0.717. The van der Waals surface area contributed by atoms with Crippen molar-refractivity contribution in [2.75, 3.05) is 0 Å². The smallest absolute Gasteiger partial charge is 0.294 e. The molecule has 0 radical (unpaired) electrons. The number of rotatable bonds is 4. The highest BCUT2D eigenvalue weighted by Crippen LogP contribution is 2.22. The number of hydrogen-bond acceptors (Lipinski definition) is 1. The van der Waals surface area contributed by atoms with E-state index in [4.69, 9.17) is 0 Å². The van der Waals surface area contributed by atoms with E-state index < -0.39 is 12.6 Å². The number of aryl methyl sites for hydroxylation is 1. The van der Waals surface area contributed by atoms with Gasteiger partial charge in [0.05, 0.1) is 0 Å². The molecule has 0 heterocycles. The molecule has 0 aliphatic carbocycles. The third kappa shape index (κ3) is 4.47. The first-order valence-electron chi connectivity index (χ1n) is 5.05. The van der Waals surface area contributed by atoms with Crippen molar-refractivity contribution in [3.05, 3.63) is 35.4 Å². The summed E-state index contributed by atoms with van der Waals surface area (Å²) >= 11 is 0. The van der Waals surface area contributed by atoms with Gasteiger partial charge in [-0.05, 0) is 19.4 Å². The van der Waals surface area contributed by atoms with Gasteiger partial charge in [0, 0.05) is 18.4 Å². The molecule has 0 aromatic heterocycles. The predicted molar refractivity (Wildman–Crippen MR) is 55.4 cm³/mol. The first-order chi connectivity index (χ1) is 7.38. The lowest BCUT2D eigenvalue weighted by molar-refractivity contribution is -0.135. The molecule has 1 aromatic rings. The van der Waals surface area contributed by atoms with Gasteiger partial charge in [-0.25, -0.2) is 0 Å². The van der Waals surface area contributed by atoms with Crippen LogP contribution in [0.1, 0.15) is 35.2 Å². The van der Waals surface area contributed by atoms with Gasteiger partial charge in [-0.2, -0.15) is 13.2 Å². The Morgan fingerprint density at radius 1 is 1.31 bits per heavy atom. The molecule has 88 valence electrons. The first-order valence-corrected chi connectivity index (χ1v) is 5.05. The summed E-state index contributed by atoms with van der Waals surface area (Å²) in [7, 11) is 0. The van der Waals surface area contributed by atoms with Crippen molar-refractivity contribution in [2.45, 2.75) is 32.4 Å². The summed E-state index contributed by atoms with van der Waals surface area (Å²) in [5.41, 5.74) is 1.42. The molecule has 0 saturated carbocycles. The summed E-state index contributed by atoms with van der Waals surface area (Å²) in [6.07, 6.45) is -5.27. The number of carbonyl (C=O) groups excluding carboxylic acids is 1. The number of Topliss-reactive ketones (excluding diaryl/α,β-unsaturated/α-hetero) is 1. The maximum Gasteiger partial charge on any atom is 0.389 e. The second kappa shape index (κ2) is 5.14. The molecule has 1 rings (SSSR count). The number of hydrogen-bond donors (Lipinski definition) is 0. The fourth-order valence-corrected chi connectivity index (χ4v) is 1.41. The van der Waals surface area contributed by atoms with Crippen molar-refractivity contribution in [1.82, 2.24) is 0 Å². The Bertz CT molecular complexity index is 369. The van der Waals surface area contributed by atoms with Crippen molar-refractivity contribution in [3.8, 4) is 0 Å². The minimum atomic E-state index is -4.17. The lowest BCUT2D eigenvalue weighted by atomic mass is 10.0. The molecule has 16 heavy (non-hydrogen) atoms. The van der Waals surface area contributed by atoms with Crippen molar-refractivity contribution in [1.29, 1.82) is 0 Å². The molecule has 0 fully saturated rings. The van der Waals surface area contributed by atoms with Crippen molar-refractivity contribution >= 4 is 5.78 Å². The average molecular weight is 230 g/mol. The Labute approximate surface area is 92.3 Å². The summed E-state index contributed by atoms with van der Waals surface area (Å²) in [6, 6.07) is 6.89. The highest BCUT2D eigenvalue weighted by Gasteiger charge is 2.26. The van der Waals surface area contributed by atoms with Gasteiger partial charge >= 0.3 is 6.18 Å². The Kier molecular flexibility index (Phi) is 4.10. The van der Waals surface area contributed by atoms with E-state index in [1.165, 1.54) is 0 Å². The van der Waals surface area contributed by atoms with E-state index in [2.05, 4.69) is 0 Å². The van der Waals surface area contributed by atoms with E-state index in [9.17, 15) is 18.0 Å². The van der Waals surface area contributed by atoms with Crippen LogP contribution in [0.5, 0.6) is 0 Å². The minimum Gasteiger partial charge on any atom is -0.294 e. The zero-order valence-corrected chi connectivity index (χ0v) is 8.97. The van der Waals surface area contributed by atoms with Gasteiger partial charge < -0.3 is 0 Å². The Morgan fingerprint density at radius 2 is 2.00 bits per heavy atom. The standard InChI is InChI=1S/C12H13F3O/c1-9-4-2-5-10(8-9)11(16)6-3-7-12(13,14)15/h2,4-5,8H,3,6-7H2,1H3. The fourth-order valence-electron chi connectivity index (χ4n) is 1.41. The van der Waals surface area contributed by atoms with Gasteiger partial charge in [0.25, 0.3) is 0 Å². The van der Waals surface area contributed by atoms with E-state index in [1.54, 1.807) is 18.2 Å². The molecule has 0 aliphatic rings. The highest BCUT2D eigenvalue weighted by molar-refractivity contribution is 5.96. The second-order valence-electron chi connectivity index (χ2n) is 3.76. The van der Waals surface area contributed by atoms with Crippen LogP contribution in [0.3, 0.4) is 0 Å². The molecule has 0 atom stereocenters. The van der Waals surface area contributed by atoms with Crippen LogP contribution in [-0.4, -0.2) is 12.0 Å². The van der Waals surface area contributed by atoms with Crippen LogP contribution in [0.2, 0.25) is 0 Å². The maximum absolute atomic E-state index is 11.9. The molecular formula is C12H13F3O. The summed E-state index contributed by atoms with van der Waals surface area (Å²) in [6.45, 7) is 1.84. The Balaban J connectivity index is 2.47. The Morgan fingerprint density at radius 3 is 2.56 bits per heavy atom. The third-order valence-corrected chi connectivity index (χ3v) is 2.20. The molecule has 1 aromatic carbocycles. The third-order valence-electron chi connectivity index (χ3n) is 2.20. The van der Waals surface area contributed by atoms with Gasteiger partial charge in [0.1, 0.15) is 0 Å². The monoisotopic (exact) mass is 230 g/mol. The van der Waals surface area contributed by atoms with E-state index in [0.717, 1.165) is 5.56 Å². The molecule has 0 N–H and O–H groups in total. The fraction of sp³-hybridized carbons (Fsp3) is 0.417. The van der Waals surface area contributed by atoms with Crippen LogP contribution in [0, 0.1) is 6.92 Å². The number of benzene rings is 1. The van der Waals surface area contributed by atoms with Gasteiger partial charge in [-0.3, -0.25) is 4.79 Å². The number of halogens is 3. The molecule has 1 nitrogen and oxygen atoms in total. The number of alkyl halides is 3. The molecule has 0 bridgehead atoms. The number of carbonyl (C=O) groups is 1. The molecule has 0 amide bonds. The SMILES string of the molecule is Cc1cccc(C(=O)CCCC(F)(F)F)c1. The second-order valence-corrected chi connectivity index (χ2v) is 3.76. The van der Waals surface area contributed by atoms with Crippen molar-refractivity contribution < 1.29 is 18.0 Å². The van der Waals surface area contributed by atoms with E-state index >= 15 is 0 Å². The maximum atomic E-state index is 11.9. The Hall–Kier alpha value is -1.32. The van der Waals surface area contributed by atoms with Crippen LogP contribution in [-0.2, 0) is 0 Å². The summed E-state index contributed by atoms with van der Waals surface area (Å²) in [5.74, 6) is -0.229. The van der Waals surface area contributed by atoms with Crippen LogP contribution in [0.4, 0.5) is 13.2 Å². The van der Waals surface area contributed by atoms with E-state index in [1.807, 2.05) is 13.0 Å². The molecule has 0 aliphatic heterocycles. The summed E-state index contributed by atoms with van der Waals surface area (Å²) in [4.78, 5) is 11.5. The van der Waals surface area contributed by atoms with E-state index in [-0.39, 0.29) is 18.6 Å². The lowest BCUT2D eigenvalue weighted by Crippen LogP contribution is -2.08. The largest absolute Gasteiger partial charge is 0.389 e. The van der Waals surface area contributed by atoms with Crippen LogP contribution >= 0.6 is 0 Å².